The van der Waals surface area contributed by atoms with E-state index in [-0.39, 0.29) is 18.0 Å². The Hall–Kier alpha value is -1.78. The van der Waals surface area contributed by atoms with E-state index in [0.29, 0.717) is 5.56 Å². The molecule has 1 saturated carbocycles. The lowest BCUT2D eigenvalue weighted by molar-refractivity contribution is -0.136. The lowest BCUT2D eigenvalue weighted by Crippen LogP contribution is -2.53. The van der Waals surface area contributed by atoms with Crippen LogP contribution in [0.1, 0.15) is 48.0 Å². The van der Waals surface area contributed by atoms with Gasteiger partial charge in [0.2, 0.25) is 5.91 Å². The number of Topliss-reactive ketones (excluding diaryl/α,β-unsaturated/α-hetero) is 1. The van der Waals surface area contributed by atoms with Gasteiger partial charge >= 0.3 is 0 Å². The summed E-state index contributed by atoms with van der Waals surface area (Å²) in [5.41, 5.74) is -1.46. The van der Waals surface area contributed by atoms with E-state index < -0.39 is 23.5 Å². The van der Waals surface area contributed by atoms with Gasteiger partial charge < -0.3 is 5.32 Å². The van der Waals surface area contributed by atoms with Gasteiger partial charge in [-0.3, -0.25) is 9.59 Å². The molecule has 118 valence electrons. The molecule has 1 aromatic rings. The van der Waals surface area contributed by atoms with E-state index in [1.807, 2.05) is 0 Å². The van der Waals surface area contributed by atoms with E-state index >= 15 is 0 Å². The smallest absolute Gasteiger partial charge is 0.260 e. The van der Waals surface area contributed by atoms with Gasteiger partial charge in [-0.25, -0.2) is 8.78 Å². The van der Waals surface area contributed by atoms with E-state index in [1.165, 1.54) is 6.07 Å². The number of amides is 1. The minimum atomic E-state index is -3.00. The Morgan fingerprint density at radius 1 is 1.18 bits per heavy atom. The first-order valence-electron chi connectivity index (χ1n) is 7.77. The van der Waals surface area contributed by atoms with Gasteiger partial charge in [-0.2, -0.15) is 0 Å². The highest BCUT2D eigenvalue weighted by Gasteiger charge is 2.58. The van der Waals surface area contributed by atoms with Crippen molar-refractivity contribution in [1.82, 2.24) is 5.32 Å². The molecule has 1 fully saturated rings. The number of ketones is 1. The number of hydrogen-bond acceptors (Lipinski definition) is 2. The average molecular weight is 307 g/mol. The minimum Gasteiger partial charge on any atom is -0.352 e. The predicted octanol–water partition coefficient (Wildman–Crippen LogP) is 3.13. The van der Waals surface area contributed by atoms with Crippen LogP contribution in [0.3, 0.4) is 0 Å². The van der Waals surface area contributed by atoms with Crippen LogP contribution in [0.15, 0.2) is 24.3 Å². The fraction of sp³-hybridized carbons (Fsp3) is 0.529. The third kappa shape index (κ3) is 2.32. The summed E-state index contributed by atoms with van der Waals surface area (Å²) in [4.78, 5) is 25.0. The molecule has 0 bridgehead atoms. The van der Waals surface area contributed by atoms with Crippen molar-refractivity contribution in [3.8, 4) is 0 Å². The fourth-order valence-electron chi connectivity index (χ4n) is 3.54. The molecule has 0 radical (unpaired) electrons. The first-order chi connectivity index (χ1) is 10.6. The van der Waals surface area contributed by atoms with Gasteiger partial charge in [0.1, 0.15) is 0 Å². The zero-order valence-corrected chi connectivity index (χ0v) is 12.3. The van der Waals surface area contributed by atoms with Crippen LogP contribution in [0, 0.1) is 5.41 Å². The molecule has 2 aliphatic carbocycles. The maximum Gasteiger partial charge on any atom is 0.260 e. The van der Waals surface area contributed by atoms with Gasteiger partial charge in [0, 0.05) is 18.0 Å². The van der Waals surface area contributed by atoms with Crippen molar-refractivity contribution >= 4 is 11.7 Å². The van der Waals surface area contributed by atoms with Crippen LogP contribution in [-0.2, 0) is 11.2 Å². The number of fused-ring (bicyclic) bond motifs is 1. The number of carbonyl (C=O) groups excluding carboxylic acids is 2. The Morgan fingerprint density at radius 2 is 1.86 bits per heavy atom. The third-order valence-electron chi connectivity index (χ3n) is 4.85. The summed E-state index contributed by atoms with van der Waals surface area (Å²) in [5, 5.41) is 2.71. The zero-order valence-electron chi connectivity index (χ0n) is 12.3. The molecule has 1 atom stereocenters. The van der Waals surface area contributed by atoms with E-state index in [0.717, 1.165) is 32.1 Å². The normalized spacial score (nSPS) is 25.3. The Bertz CT molecular complexity index is 596. The van der Waals surface area contributed by atoms with Crippen molar-refractivity contribution in [3.05, 3.63) is 35.4 Å². The van der Waals surface area contributed by atoms with E-state index in [2.05, 4.69) is 5.32 Å². The quantitative estimate of drug-likeness (QED) is 0.872. The van der Waals surface area contributed by atoms with Gasteiger partial charge in [-0.1, -0.05) is 43.5 Å². The summed E-state index contributed by atoms with van der Waals surface area (Å²) in [7, 11) is 0. The van der Waals surface area contributed by atoms with E-state index in [4.69, 9.17) is 0 Å². The molecular formula is C17H19F2NO2. The molecule has 0 aliphatic heterocycles. The molecule has 1 amide bonds. The lowest BCUT2D eigenvalue weighted by Gasteiger charge is -2.30. The largest absolute Gasteiger partial charge is 0.352 e. The van der Waals surface area contributed by atoms with Crippen LogP contribution in [0.4, 0.5) is 8.78 Å². The molecule has 1 unspecified atom stereocenters. The number of benzene rings is 1. The average Bonchev–Trinajstić information content (AvgIpc) is 2.83. The Morgan fingerprint density at radius 3 is 2.50 bits per heavy atom. The number of nitrogens with one attached hydrogen (secondary N) is 1. The molecule has 0 spiro atoms. The molecule has 3 rings (SSSR count). The molecular weight excluding hydrogens is 288 g/mol. The predicted molar refractivity (Wildman–Crippen MR) is 77.9 cm³/mol. The van der Waals surface area contributed by atoms with E-state index in [9.17, 15) is 18.4 Å². The van der Waals surface area contributed by atoms with Crippen molar-refractivity contribution < 1.29 is 18.4 Å². The molecule has 3 nitrogen and oxygen atoms in total. The first kappa shape index (κ1) is 15.1. The third-order valence-corrected chi connectivity index (χ3v) is 4.85. The SMILES string of the molecule is O=C(NC1CCCCC1)C1(C(F)F)Cc2ccccc2C1=O. The summed E-state index contributed by atoms with van der Waals surface area (Å²) >= 11 is 0. The molecule has 0 saturated heterocycles. The zero-order chi connectivity index (χ0) is 15.7. The van der Waals surface area contributed by atoms with E-state index in [1.54, 1.807) is 18.2 Å². The maximum absolute atomic E-state index is 13.7. The number of alkyl halides is 2. The van der Waals surface area contributed by atoms with Crippen molar-refractivity contribution in [2.24, 2.45) is 5.41 Å². The van der Waals surface area contributed by atoms with Crippen LogP contribution in [0.5, 0.6) is 0 Å². The molecule has 0 aromatic heterocycles. The van der Waals surface area contributed by atoms with Crippen LogP contribution in [-0.4, -0.2) is 24.2 Å². The summed E-state index contributed by atoms with van der Waals surface area (Å²) in [6.45, 7) is 0. The molecule has 5 heteroatoms. The highest BCUT2D eigenvalue weighted by molar-refractivity contribution is 6.17. The number of halogens is 2. The van der Waals surface area contributed by atoms with Crippen molar-refractivity contribution in [2.75, 3.05) is 0 Å². The lowest BCUT2D eigenvalue weighted by atomic mass is 9.82. The monoisotopic (exact) mass is 307 g/mol. The summed E-state index contributed by atoms with van der Waals surface area (Å²) in [6.07, 6.45) is 1.46. The molecule has 22 heavy (non-hydrogen) atoms. The summed E-state index contributed by atoms with van der Waals surface area (Å²) in [6, 6.07) is 6.42. The number of hydrogen-bond donors (Lipinski definition) is 1. The number of carbonyl (C=O) groups is 2. The molecule has 1 N–H and O–H groups in total. The standard InChI is InChI=1S/C17H19F2NO2/c18-15(19)17(16(22)20-12-7-2-1-3-8-12)10-11-6-4-5-9-13(11)14(17)21/h4-6,9,12,15H,1-3,7-8,10H2,(H,20,22). The van der Waals surface area contributed by atoms with Gasteiger partial charge in [0.15, 0.2) is 11.2 Å². The van der Waals surface area contributed by atoms with Crippen LogP contribution >= 0.6 is 0 Å². The fourth-order valence-corrected chi connectivity index (χ4v) is 3.54. The van der Waals surface area contributed by atoms with Crippen LogP contribution in [0.2, 0.25) is 0 Å². The maximum atomic E-state index is 13.7. The second kappa shape index (κ2) is 5.78. The second-order valence-electron chi connectivity index (χ2n) is 6.24. The van der Waals surface area contributed by atoms with Gasteiger partial charge in [0.05, 0.1) is 0 Å². The Kier molecular flexibility index (Phi) is 3.98. The minimum absolute atomic E-state index is 0.0895. The highest BCUT2D eigenvalue weighted by atomic mass is 19.3. The highest BCUT2D eigenvalue weighted by Crippen LogP contribution is 2.42. The topological polar surface area (TPSA) is 46.2 Å². The van der Waals surface area contributed by atoms with Crippen LogP contribution < -0.4 is 5.32 Å². The second-order valence-corrected chi connectivity index (χ2v) is 6.24. The van der Waals surface area contributed by atoms with Crippen LogP contribution in [0.25, 0.3) is 0 Å². The van der Waals surface area contributed by atoms with Gasteiger partial charge in [-0.15, -0.1) is 0 Å². The Balaban J connectivity index is 1.87. The van der Waals surface area contributed by atoms with Crippen molar-refractivity contribution in [1.29, 1.82) is 0 Å². The van der Waals surface area contributed by atoms with Crippen molar-refractivity contribution in [3.63, 3.8) is 0 Å². The Labute approximate surface area is 128 Å². The molecule has 1 aromatic carbocycles. The van der Waals surface area contributed by atoms with Crippen molar-refractivity contribution in [2.45, 2.75) is 51.0 Å². The summed E-state index contributed by atoms with van der Waals surface area (Å²) in [5.74, 6) is -1.55. The molecule has 0 heterocycles. The number of rotatable bonds is 3. The first-order valence-corrected chi connectivity index (χ1v) is 7.77. The van der Waals surface area contributed by atoms with Gasteiger partial charge in [0.25, 0.3) is 6.43 Å². The molecule has 2 aliphatic rings. The van der Waals surface area contributed by atoms with Gasteiger partial charge in [-0.05, 0) is 18.4 Å². The summed E-state index contributed by atoms with van der Waals surface area (Å²) < 4.78 is 27.5.